The second-order valence-electron chi connectivity index (χ2n) is 8.13. The van der Waals surface area contributed by atoms with E-state index in [2.05, 4.69) is 10.3 Å². The summed E-state index contributed by atoms with van der Waals surface area (Å²) in [5.41, 5.74) is 5.23. The first kappa shape index (κ1) is 25.0. The largest absolute Gasteiger partial charge is 0.465 e. The molecule has 0 unspecified atom stereocenters. The number of rotatable bonds is 10. The van der Waals surface area contributed by atoms with Crippen molar-refractivity contribution in [2.24, 2.45) is 0 Å². The highest BCUT2D eigenvalue weighted by Crippen LogP contribution is 2.21. The lowest BCUT2D eigenvalue weighted by atomic mass is 10.0. The molecule has 0 atom stereocenters. The number of nitrogens with zero attached hydrogens (tertiary/aromatic N) is 3. The van der Waals surface area contributed by atoms with E-state index in [1.165, 1.54) is 14.2 Å². The minimum atomic E-state index is -0.398. The Hall–Kier alpha value is -4.14. The first-order valence-electron chi connectivity index (χ1n) is 11.5. The number of nitrogens with one attached hydrogen (secondary N) is 1. The molecule has 0 saturated heterocycles. The summed E-state index contributed by atoms with van der Waals surface area (Å²) in [5, 5.41) is 3.32. The number of hydrogen-bond donors (Lipinski definition) is 1. The number of aryl methyl sites for hydroxylation is 1. The summed E-state index contributed by atoms with van der Waals surface area (Å²) in [5.74, 6) is 1.17. The highest BCUT2D eigenvalue weighted by Gasteiger charge is 2.15. The van der Waals surface area contributed by atoms with Crippen LogP contribution < -0.4 is 5.32 Å². The summed E-state index contributed by atoms with van der Waals surface area (Å²) in [6.45, 7) is 2.33. The minimum absolute atomic E-state index is 0.311. The van der Waals surface area contributed by atoms with E-state index < -0.39 is 5.97 Å². The van der Waals surface area contributed by atoms with Crippen molar-refractivity contribution in [1.82, 2.24) is 15.0 Å². The van der Waals surface area contributed by atoms with Crippen molar-refractivity contribution in [3.63, 3.8) is 0 Å². The van der Waals surface area contributed by atoms with Crippen LogP contribution in [0.3, 0.4) is 0 Å². The fraction of sp³-hybridized carbons (Fsp3) is 0.214. The maximum atomic E-state index is 12.3. The van der Waals surface area contributed by atoms with E-state index in [1.807, 2.05) is 67.6 Å². The summed E-state index contributed by atoms with van der Waals surface area (Å²) in [4.78, 5) is 36.4. The molecule has 4 aromatic rings. The van der Waals surface area contributed by atoms with Crippen molar-refractivity contribution >= 4 is 17.6 Å². The molecule has 8 heteroatoms. The minimum Gasteiger partial charge on any atom is -0.465 e. The van der Waals surface area contributed by atoms with Gasteiger partial charge < -0.3 is 10.1 Å². The van der Waals surface area contributed by atoms with E-state index in [1.54, 1.807) is 12.1 Å². The molecule has 1 N–H and O–H groups in total. The van der Waals surface area contributed by atoms with Crippen molar-refractivity contribution in [1.29, 1.82) is 0 Å². The topological polar surface area (TPSA) is 95.5 Å². The van der Waals surface area contributed by atoms with Gasteiger partial charge in [0, 0.05) is 18.5 Å². The normalized spacial score (nSPS) is 10.8. The zero-order valence-electron chi connectivity index (χ0n) is 20.5. The fourth-order valence-electron chi connectivity index (χ4n) is 3.83. The van der Waals surface area contributed by atoms with Gasteiger partial charge in [0.1, 0.15) is 18.3 Å². The molecule has 1 aromatic heterocycles. The van der Waals surface area contributed by atoms with E-state index in [0.29, 0.717) is 42.6 Å². The summed E-state index contributed by atoms with van der Waals surface area (Å²) in [6, 6.07) is 23.1. The molecular formula is C28H28N4O4. The zero-order chi connectivity index (χ0) is 25.3. The Bertz CT molecular complexity index is 1340. The van der Waals surface area contributed by atoms with Gasteiger partial charge in [-0.25, -0.2) is 19.6 Å². The third-order valence-corrected chi connectivity index (χ3v) is 5.69. The van der Waals surface area contributed by atoms with Gasteiger partial charge in [-0.3, -0.25) is 0 Å². The Labute approximate surface area is 210 Å². The van der Waals surface area contributed by atoms with Gasteiger partial charge in [-0.1, -0.05) is 60.7 Å². The van der Waals surface area contributed by atoms with Gasteiger partial charge >= 0.3 is 5.97 Å². The number of anilines is 2. The van der Waals surface area contributed by atoms with Gasteiger partial charge in [-0.15, -0.1) is 0 Å². The van der Waals surface area contributed by atoms with Gasteiger partial charge in [0.05, 0.1) is 19.8 Å². The molecule has 0 amide bonds. The lowest BCUT2D eigenvalue weighted by Crippen LogP contribution is -2.12. The SMILES string of the molecule is COOCc1ccccc1Cc1nc(Cc2ccccc2C(=O)OC)nc(Nc2ccccc2C)n1. The summed E-state index contributed by atoms with van der Waals surface area (Å²) in [6.07, 6.45) is 0.817. The predicted octanol–water partition coefficient (Wildman–Crippen LogP) is 4.97. The molecule has 0 aliphatic carbocycles. The number of ether oxygens (including phenoxy) is 1. The van der Waals surface area contributed by atoms with Crippen LogP contribution in [0.25, 0.3) is 0 Å². The van der Waals surface area contributed by atoms with Crippen LogP contribution in [-0.4, -0.2) is 35.1 Å². The van der Waals surface area contributed by atoms with Crippen LogP contribution in [0.1, 0.15) is 44.3 Å². The van der Waals surface area contributed by atoms with Crippen LogP contribution in [-0.2, 0) is 34.0 Å². The Morgan fingerprint density at radius 2 is 1.39 bits per heavy atom. The molecule has 4 rings (SSSR count). The van der Waals surface area contributed by atoms with Crippen LogP contribution in [0.5, 0.6) is 0 Å². The molecule has 1 heterocycles. The Morgan fingerprint density at radius 3 is 2.08 bits per heavy atom. The quantitative estimate of drug-likeness (QED) is 0.192. The van der Waals surface area contributed by atoms with Crippen LogP contribution in [0, 0.1) is 6.92 Å². The van der Waals surface area contributed by atoms with E-state index >= 15 is 0 Å². The molecule has 0 saturated carbocycles. The molecule has 0 aliphatic rings. The third-order valence-electron chi connectivity index (χ3n) is 5.69. The summed E-state index contributed by atoms with van der Waals surface area (Å²) >= 11 is 0. The molecule has 36 heavy (non-hydrogen) atoms. The Kier molecular flexibility index (Phi) is 8.33. The van der Waals surface area contributed by atoms with Crippen molar-refractivity contribution in [2.75, 3.05) is 19.5 Å². The highest BCUT2D eigenvalue weighted by atomic mass is 17.2. The second-order valence-corrected chi connectivity index (χ2v) is 8.13. The van der Waals surface area contributed by atoms with E-state index in [0.717, 1.165) is 27.9 Å². The number of benzene rings is 3. The van der Waals surface area contributed by atoms with Crippen LogP contribution in [0.15, 0.2) is 72.8 Å². The highest BCUT2D eigenvalue weighted by molar-refractivity contribution is 5.91. The first-order chi connectivity index (χ1) is 17.6. The van der Waals surface area contributed by atoms with E-state index in [4.69, 9.17) is 24.5 Å². The fourth-order valence-corrected chi connectivity index (χ4v) is 3.83. The zero-order valence-corrected chi connectivity index (χ0v) is 20.5. The number of hydrogen-bond acceptors (Lipinski definition) is 8. The van der Waals surface area contributed by atoms with Gasteiger partial charge in [0.15, 0.2) is 0 Å². The number of esters is 1. The van der Waals surface area contributed by atoms with Crippen molar-refractivity contribution in [3.8, 4) is 0 Å². The van der Waals surface area contributed by atoms with Gasteiger partial charge in [-0.05, 0) is 41.3 Å². The van der Waals surface area contributed by atoms with Crippen molar-refractivity contribution in [3.05, 3.63) is 112 Å². The molecule has 0 aliphatic heterocycles. The molecule has 0 fully saturated rings. The van der Waals surface area contributed by atoms with Crippen molar-refractivity contribution < 1.29 is 19.3 Å². The monoisotopic (exact) mass is 484 g/mol. The maximum absolute atomic E-state index is 12.3. The Balaban J connectivity index is 1.71. The average Bonchev–Trinajstić information content (AvgIpc) is 2.89. The standard InChI is InChI=1S/C28H28N4O4/c1-19-10-4-9-15-24(19)29-28-31-25(16-20-11-5-6-13-22(20)18-36-35-3)30-26(32-28)17-21-12-7-8-14-23(21)27(33)34-2/h4-15H,16-18H2,1-3H3,(H,29,30,31,32). The molecular weight excluding hydrogens is 456 g/mol. The van der Waals surface area contributed by atoms with Crippen LogP contribution in [0.4, 0.5) is 11.6 Å². The van der Waals surface area contributed by atoms with Crippen LogP contribution in [0.2, 0.25) is 0 Å². The first-order valence-corrected chi connectivity index (χ1v) is 11.5. The number of carbonyl (C=O) groups is 1. The summed E-state index contributed by atoms with van der Waals surface area (Å²) in [7, 11) is 2.85. The number of para-hydroxylation sites is 1. The van der Waals surface area contributed by atoms with Gasteiger partial charge in [0.2, 0.25) is 5.95 Å². The smallest absolute Gasteiger partial charge is 0.338 e. The summed E-state index contributed by atoms with van der Waals surface area (Å²) < 4.78 is 4.95. The lowest BCUT2D eigenvalue weighted by molar-refractivity contribution is -0.282. The van der Waals surface area contributed by atoms with Gasteiger partial charge in [-0.2, -0.15) is 9.97 Å². The molecule has 0 radical (unpaired) electrons. The maximum Gasteiger partial charge on any atom is 0.338 e. The molecule has 3 aromatic carbocycles. The molecule has 8 nitrogen and oxygen atoms in total. The number of carbonyl (C=O) groups excluding carboxylic acids is 1. The number of aromatic nitrogens is 3. The molecule has 0 spiro atoms. The molecule has 184 valence electrons. The van der Waals surface area contributed by atoms with E-state index in [-0.39, 0.29) is 0 Å². The third kappa shape index (κ3) is 6.29. The lowest BCUT2D eigenvalue weighted by Gasteiger charge is -2.13. The van der Waals surface area contributed by atoms with E-state index in [9.17, 15) is 4.79 Å². The second kappa shape index (κ2) is 12.0. The Morgan fingerprint density at radius 1 is 0.778 bits per heavy atom. The van der Waals surface area contributed by atoms with Gasteiger partial charge in [0.25, 0.3) is 0 Å². The average molecular weight is 485 g/mol. The molecule has 0 bridgehead atoms. The van der Waals surface area contributed by atoms with Crippen LogP contribution >= 0.6 is 0 Å². The van der Waals surface area contributed by atoms with Crippen molar-refractivity contribution in [2.45, 2.75) is 26.4 Å². The predicted molar refractivity (Wildman–Crippen MR) is 136 cm³/mol. The number of methoxy groups -OCH3 is 1.